The minimum absolute atomic E-state index is 0.180. The van der Waals surface area contributed by atoms with Crippen LogP contribution in [0.1, 0.15) is 11.1 Å². The van der Waals surface area contributed by atoms with Crippen LogP contribution in [-0.2, 0) is 0 Å². The van der Waals surface area contributed by atoms with E-state index in [1.54, 1.807) is 6.07 Å². The van der Waals surface area contributed by atoms with E-state index in [4.69, 9.17) is 9.97 Å². The quantitative estimate of drug-likeness (QED) is 0.181. The number of pyridine rings is 1. The van der Waals surface area contributed by atoms with E-state index in [1.807, 2.05) is 36.5 Å². The molecule has 9 aromatic rings. The van der Waals surface area contributed by atoms with E-state index in [2.05, 4.69) is 158 Å². The number of para-hydroxylation sites is 2. The molecule has 7 aromatic carbocycles. The third kappa shape index (κ3) is 6.24. The molecule has 9 rings (SSSR count). The molecule has 4 nitrogen and oxygen atoms in total. The van der Waals surface area contributed by atoms with Crippen molar-refractivity contribution in [3.05, 3.63) is 193 Å². The van der Waals surface area contributed by atoms with E-state index in [0.29, 0.717) is 11.4 Å². The number of aromatic hydroxyl groups is 1. The molecule has 0 saturated carbocycles. The van der Waals surface area contributed by atoms with Gasteiger partial charge in [0.05, 0.1) is 22.3 Å². The minimum Gasteiger partial charge on any atom is -0.507 e. The minimum atomic E-state index is 0.180. The zero-order chi connectivity index (χ0) is 36.6. The van der Waals surface area contributed by atoms with Gasteiger partial charge in [-0.2, -0.15) is 0 Å². The molecule has 0 amide bonds. The second kappa shape index (κ2) is 13.8. The lowest BCUT2D eigenvalue weighted by Gasteiger charge is -2.14. The number of hydrogen-bond donors (Lipinski definition) is 1. The molecule has 0 unspecified atom stereocenters. The van der Waals surface area contributed by atoms with Crippen LogP contribution in [0.25, 0.3) is 83.9 Å². The van der Waals surface area contributed by atoms with Gasteiger partial charge in [-0.05, 0) is 119 Å². The Hall–Kier alpha value is -7.04. The maximum atomic E-state index is 11.2. The van der Waals surface area contributed by atoms with Crippen molar-refractivity contribution in [2.45, 2.75) is 13.8 Å². The summed E-state index contributed by atoms with van der Waals surface area (Å²) < 4.78 is 2.18. The fraction of sp³-hybridized carbons (Fsp3) is 0.0400. The van der Waals surface area contributed by atoms with Crippen molar-refractivity contribution in [3.63, 3.8) is 0 Å². The highest BCUT2D eigenvalue weighted by molar-refractivity contribution is 5.97. The molecule has 258 valence electrons. The summed E-state index contributed by atoms with van der Waals surface area (Å²) in [5.41, 5.74) is 16.5. The van der Waals surface area contributed by atoms with E-state index in [1.165, 1.54) is 5.56 Å². The normalized spacial score (nSPS) is 11.2. The number of aromatic nitrogens is 3. The topological polar surface area (TPSA) is 50.9 Å². The van der Waals surface area contributed by atoms with E-state index < -0.39 is 0 Å². The summed E-state index contributed by atoms with van der Waals surface area (Å²) in [4.78, 5) is 10.3. The maximum Gasteiger partial charge on any atom is 0.149 e. The van der Waals surface area contributed by atoms with Crippen LogP contribution < -0.4 is 0 Å². The average molecular weight is 696 g/mol. The lowest BCUT2D eigenvalue weighted by Crippen LogP contribution is -1.99. The number of rotatable bonds is 7. The van der Waals surface area contributed by atoms with Crippen LogP contribution in [0.15, 0.2) is 182 Å². The van der Waals surface area contributed by atoms with Gasteiger partial charge in [0.1, 0.15) is 11.6 Å². The lowest BCUT2D eigenvalue weighted by atomic mass is 9.93. The van der Waals surface area contributed by atoms with Crippen LogP contribution in [0.2, 0.25) is 0 Å². The number of imidazole rings is 1. The van der Waals surface area contributed by atoms with Gasteiger partial charge in [0.15, 0.2) is 0 Å². The highest BCUT2D eigenvalue weighted by Crippen LogP contribution is 2.40. The molecular weight excluding hydrogens is 659 g/mol. The Labute approximate surface area is 315 Å². The van der Waals surface area contributed by atoms with E-state index >= 15 is 0 Å². The average Bonchev–Trinajstić information content (AvgIpc) is 3.61. The first-order valence-electron chi connectivity index (χ1n) is 18.2. The molecule has 2 aromatic heterocycles. The Kier molecular flexibility index (Phi) is 8.41. The van der Waals surface area contributed by atoms with Gasteiger partial charge in [0, 0.05) is 23.0 Å². The number of aryl methyl sites for hydroxylation is 2. The molecule has 0 bridgehead atoms. The first-order valence-corrected chi connectivity index (χ1v) is 18.2. The van der Waals surface area contributed by atoms with Crippen molar-refractivity contribution in [1.82, 2.24) is 14.5 Å². The highest BCUT2D eigenvalue weighted by atomic mass is 16.3. The number of phenols is 1. The Morgan fingerprint density at radius 1 is 0.444 bits per heavy atom. The van der Waals surface area contributed by atoms with Gasteiger partial charge in [-0.15, -0.1) is 0 Å². The van der Waals surface area contributed by atoms with E-state index in [-0.39, 0.29) is 5.75 Å². The van der Waals surface area contributed by atoms with Crippen LogP contribution in [0.5, 0.6) is 5.75 Å². The van der Waals surface area contributed by atoms with E-state index in [9.17, 15) is 5.11 Å². The molecule has 4 heteroatoms. The van der Waals surface area contributed by atoms with Gasteiger partial charge < -0.3 is 5.11 Å². The third-order valence-corrected chi connectivity index (χ3v) is 10.0. The molecule has 0 saturated heterocycles. The zero-order valence-corrected chi connectivity index (χ0v) is 30.1. The van der Waals surface area contributed by atoms with Gasteiger partial charge >= 0.3 is 0 Å². The van der Waals surface area contributed by atoms with Gasteiger partial charge in [-0.3, -0.25) is 9.55 Å². The molecule has 2 heterocycles. The van der Waals surface area contributed by atoms with Crippen molar-refractivity contribution in [2.24, 2.45) is 0 Å². The number of phenolic OH excluding ortho intramolecular Hbond substituents is 1. The van der Waals surface area contributed by atoms with Crippen molar-refractivity contribution >= 4 is 11.0 Å². The van der Waals surface area contributed by atoms with Crippen molar-refractivity contribution in [1.29, 1.82) is 0 Å². The Morgan fingerprint density at radius 2 is 1.07 bits per heavy atom. The monoisotopic (exact) mass is 695 g/mol. The second-order valence-electron chi connectivity index (χ2n) is 13.8. The van der Waals surface area contributed by atoms with Gasteiger partial charge in [0.25, 0.3) is 0 Å². The smallest absolute Gasteiger partial charge is 0.149 e. The Bertz CT molecular complexity index is 2780. The fourth-order valence-electron chi connectivity index (χ4n) is 7.37. The summed E-state index contributed by atoms with van der Waals surface area (Å²) in [5, 5.41) is 11.2. The number of hydrogen-bond acceptors (Lipinski definition) is 3. The van der Waals surface area contributed by atoms with Crippen molar-refractivity contribution < 1.29 is 5.11 Å². The highest BCUT2D eigenvalue weighted by Gasteiger charge is 2.21. The second-order valence-corrected chi connectivity index (χ2v) is 13.8. The van der Waals surface area contributed by atoms with Crippen LogP contribution in [-0.4, -0.2) is 19.6 Å². The third-order valence-electron chi connectivity index (χ3n) is 10.0. The summed E-state index contributed by atoms with van der Waals surface area (Å²) in [7, 11) is 0. The summed E-state index contributed by atoms with van der Waals surface area (Å²) >= 11 is 0. The van der Waals surface area contributed by atoms with Gasteiger partial charge in [-0.1, -0.05) is 121 Å². The molecule has 54 heavy (non-hydrogen) atoms. The summed E-state index contributed by atoms with van der Waals surface area (Å²) in [6, 6.07) is 60.9. The Balaban J connectivity index is 1.27. The SMILES string of the molecule is Cc1ccc(-c2ccnc(-c3cc(-c4ccccc4)cc(-c4cccc5c4nc(-c4ccccc4O)n5-c4cc(C)cc(-c5ccccc5)c4)c3)c2)cc1. The van der Waals surface area contributed by atoms with Crippen LogP contribution >= 0.6 is 0 Å². The Morgan fingerprint density at radius 3 is 1.81 bits per heavy atom. The molecule has 0 aliphatic heterocycles. The zero-order valence-electron chi connectivity index (χ0n) is 30.1. The first kappa shape index (κ1) is 32.8. The van der Waals surface area contributed by atoms with Gasteiger partial charge in [0.2, 0.25) is 0 Å². The summed E-state index contributed by atoms with van der Waals surface area (Å²) in [5.74, 6) is 0.853. The first-order chi connectivity index (χ1) is 26.5. The van der Waals surface area contributed by atoms with Gasteiger partial charge in [-0.25, -0.2) is 4.98 Å². The lowest BCUT2D eigenvalue weighted by molar-refractivity contribution is 0.477. The molecule has 0 aliphatic rings. The number of nitrogens with zero attached hydrogens (tertiary/aromatic N) is 3. The van der Waals surface area contributed by atoms with Crippen molar-refractivity contribution in [3.8, 4) is 78.6 Å². The molecule has 0 atom stereocenters. The number of fused-ring (bicyclic) bond motifs is 1. The largest absolute Gasteiger partial charge is 0.507 e. The fourth-order valence-corrected chi connectivity index (χ4v) is 7.37. The van der Waals surface area contributed by atoms with Crippen LogP contribution in [0.4, 0.5) is 0 Å². The van der Waals surface area contributed by atoms with Crippen LogP contribution in [0, 0.1) is 13.8 Å². The maximum absolute atomic E-state index is 11.2. The summed E-state index contributed by atoms with van der Waals surface area (Å²) in [6.07, 6.45) is 1.89. The number of benzene rings is 7. The molecule has 1 N–H and O–H groups in total. The standard InChI is InChI=1S/C50H37N3O/c1-33-20-22-37(23-21-33)38-24-25-51-46(32-38)42-29-40(36-14-7-4-8-15-36)28-41(30-42)44-17-11-18-47-49(44)52-50(45-16-9-10-19-48(45)54)53(47)43-27-34(2)26-39(31-43)35-12-5-3-6-13-35/h3-32,54H,1-2H3. The molecule has 0 fully saturated rings. The molecular formula is C50H37N3O. The van der Waals surface area contributed by atoms with E-state index in [0.717, 1.165) is 78.0 Å². The molecule has 0 spiro atoms. The summed E-state index contributed by atoms with van der Waals surface area (Å²) in [6.45, 7) is 4.23. The predicted octanol–water partition coefficient (Wildman–Crippen LogP) is 12.7. The molecule has 0 radical (unpaired) electrons. The molecule has 0 aliphatic carbocycles. The predicted molar refractivity (Wildman–Crippen MR) is 223 cm³/mol. The van der Waals surface area contributed by atoms with Crippen LogP contribution in [0.3, 0.4) is 0 Å². The van der Waals surface area contributed by atoms with Crippen molar-refractivity contribution in [2.75, 3.05) is 0 Å².